The van der Waals surface area contributed by atoms with Crippen molar-refractivity contribution in [3.63, 3.8) is 0 Å². The fraction of sp³-hybridized carbons (Fsp3) is 0.440. The highest BCUT2D eigenvalue weighted by atomic mass is 16.6. The van der Waals surface area contributed by atoms with Gasteiger partial charge in [0.15, 0.2) is 11.5 Å². The van der Waals surface area contributed by atoms with E-state index in [4.69, 9.17) is 19.2 Å². The second kappa shape index (κ2) is 9.70. The maximum atomic E-state index is 12.2. The van der Waals surface area contributed by atoms with E-state index < -0.39 is 5.66 Å². The lowest BCUT2D eigenvalue weighted by molar-refractivity contribution is 0.0778. The highest BCUT2D eigenvalue weighted by molar-refractivity contribution is 6.02. The molecule has 0 aliphatic carbocycles. The number of aliphatic imine (C=N–C) groups is 1. The third-order valence-corrected chi connectivity index (χ3v) is 6.35. The van der Waals surface area contributed by atoms with Gasteiger partial charge < -0.3 is 24.2 Å². The van der Waals surface area contributed by atoms with Crippen LogP contribution in [0.25, 0.3) is 0 Å². The first-order valence-electron chi connectivity index (χ1n) is 11.3. The number of benzene rings is 2. The van der Waals surface area contributed by atoms with Crippen molar-refractivity contribution in [2.24, 2.45) is 4.99 Å². The third-order valence-electron chi connectivity index (χ3n) is 6.35. The van der Waals surface area contributed by atoms with Crippen molar-refractivity contribution in [1.29, 1.82) is 0 Å². The van der Waals surface area contributed by atoms with Crippen LogP contribution in [0.3, 0.4) is 0 Å². The summed E-state index contributed by atoms with van der Waals surface area (Å²) in [5, 5.41) is 14.5. The molecule has 2 heterocycles. The van der Waals surface area contributed by atoms with Crippen LogP contribution in [0.5, 0.6) is 17.2 Å². The number of amides is 1. The summed E-state index contributed by atoms with van der Waals surface area (Å²) in [6, 6.07) is 13.2. The molecule has 8 nitrogen and oxygen atoms in total. The monoisotopic (exact) mass is 453 g/mol. The number of hydrogen-bond donors (Lipinski definition) is 2. The lowest BCUT2D eigenvalue weighted by Gasteiger charge is -2.45. The number of aromatic hydroxyl groups is 1. The maximum absolute atomic E-state index is 12.2. The number of methoxy groups -OCH3 is 2. The van der Waals surface area contributed by atoms with E-state index >= 15 is 0 Å². The molecule has 1 saturated heterocycles. The SMILES string of the molecule is CCOC(=O)N1CCC2(CC1)N=C(c1ccc(OC)cc1)C[C@@H](c1cccc(OC)c1O)N2. The van der Waals surface area contributed by atoms with Gasteiger partial charge in [-0.25, -0.2) is 4.79 Å². The summed E-state index contributed by atoms with van der Waals surface area (Å²) in [5.74, 6) is 1.36. The largest absolute Gasteiger partial charge is 0.504 e. The number of nitrogens with zero attached hydrogens (tertiary/aromatic N) is 2. The Bertz CT molecular complexity index is 1010. The van der Waals surface area contributed by atoms with Crippen molar-refractivity contribution in [1.82, 2.24) is 10.2 Å². The molecule has 0 radical (unpaired) electrons. The van der Waals surface area contributed by atoms with Crippen LogP contribution in [0.15, 0.2) is 47.5 Å². The lowest BCUT2D eigenvalue weighted by atomic mass is 9.87. The predicted octanol–water partition coefficient (Wildman–Crippen LogP) is 3.88. The van der Waals surface area contributed by atoms with Gasteiger partial charge in [-0.2, -0.15) is 0 Å². The average Bonchev–Trinajstić information content (AvgIpc) is 2.84. The number of carbonyl (C=O) groups excluding carboxylic acids is 1. The van der Waals surface area contributed by atoms with Crippen LogP contribution in [0.1, 0.15) is 43.4 Å². The Balaban J connectivity index is 1.67. The molecule has 1 atom stereocenters. The molecule has 0 aromatic heterocycles. The summed E-state index contributed by atoms with van der Waals surface area (Å²) >= 11 is 0. The van der Waals surface area contributed by atoms with Crippen LogP contribution in [0, 0.1) is 0 Å². The summed E-state index contributed by atoms with van der Waals surface area (Å²) in [7, 11) is 3.19. The number of phenols is 1. The topological polar surface area (TPSA) is 92.6 Å². The normalized spacial score (nSPS) is 19.7. The quantitative estimate of drug-likeness (QED) is 0.714. The Kier molecular flexibility index (Phi) is 6.74. The standard InChI is InChI=1S/C25H31N3O5/c1-4-33-24(30)28-14-12-25(13-15-28)26-20(17-8-10-18(31-2)11-9-17)16-21(27-25)19-6-5-7-22(32-3)23(19)29/h5-11,21,27,29H,4,12-16H2,1-3H3/t21-/m0/s1. The van der Waals surface area contributed by atoms with E-state index in [9.17, 15) is 9.90 Å². The van der Waals surface area contributed by atoms with E-state index in [-0.39, 0.29) is 17.9 Å². The van der Waals surface area contributed by atoms with Crippen molar-refractivity contribution in [3.8, 4) is 17.2 Å². The summed E-state index contributed by atoms with van der Waals surface area (Å²) in [6.45, 7) is 3.25. The Morgan fingerprint density at radius 1 is 1.15 bits per heavy atom. The van der Waals surface area contributed by atoms with Gasteiger partial charge in [-0.3, -0.25) is 10.3 Å². The molecule has 2 aliphatic rings. The summed E-state index contributed by atoms with van der Waals surface area (Å²) in [5.41, 5.74) is 2.18. The van der Waals surface area contributed by atoms with Gasteiger partial charge in [0, 0.05) is 49.7 Å². The second-order valence-corrected chi connectivity index (χ2v) is 8.30. The molecule has 1 spiro atoms. The molecular weight excluding hydrogens is 422 g/mol. The molecule has 1 amide bonds. The van der Waals surface area contributed by atoms with Crippen LogP contribution in [0.2, 0.25) is 0 Å². The van der Waals surface area contributed by atoms with Gasteiger partial charge in [0.05, 0.1) is 20.8 Å². The number of hydrogen-bond acceptors (Lipinski definition) is 7. The molecule has 33 heavy (non-hydrogen) atoms. The highest BCUT2D eigenvalue weighted by Gasteiger charge is 2.41. The number of piperidine rings is 1. The lowest BCUT2D eigenvalue weighted by Crippen LogP contribution is -2.56. The van der Waals surface area contributed by atoms with Gasteiger partial charge in [-0.1, -0.05) is 12.1 Å². The van der Waals surface area contributed by atoms with Gasteiger partial charge in [0.25, 0.3) is 0 Å². The fourth-order valence-corrected chi connectivity index (χ4v) is 4.57. The Hall–Kier alpha value is -3.26. The summed E-state index contributed by atoms with van der Waals surface area (Å²) in [4.78, 5) is 19.1. The van der Waals surface area contributed by atoms with Crippen LogP contribution >= 0.6 is 0 Å². The number of ether oxygens (including phenoxy) is 3. The first-order valence-corrected chi connectivity index (χ1v) is 11.3. The van der Waals surface area contributed by atoms with Crippen LogP contribution in [-0.2, 0) is 4.74 Å². The first kappa shape index (κ1) is 22.9. The van der Waals surface area contributed by atoms with E-state index in [0.717, 1.165) is 22.6 Å². The molecular formula is C25H31N3O5. The zero-order valence-corrected chi connectivity index (χ0v) is 19.3. The van der Waals surface area contributed by atoms with Gasteiger partial charge >= 0.3 is 6.09 Å². The summed E-state index contributed by atoms with van der Waals surface area (Å²) < 4.78 is 15.8. The zero-order chi connectivity index (χ0) is 23.4. The third kappa shape index (κ3) is 4.75. The van der Waals surface area contributed by atoms with Crippen molar-refractivity contribution in [3.05, 3.63) is 53.6 Å². The zero-order valence-electron chi connectivity index (χ0n) is 19.3. The molecule has 2 aliphatic heterocycles. The van der Waals surface area contributed by atoms with Gasteiger partial charge in [0.1, 0.15) is 11.4 Å². The first-order chi connectivity index (χ1) is 16.0. The Morgan fingerprint density at radius 2 is 1.88 bits per heavy atom. The molecule has 2 aromatic carbocycles. The number of carbonyl (C=O) groups is 1. The van der Waals surface area contributed by atoms with E-state index in [1.807, 2.05) is 43.3 Å². The molecule has 2 N–H and O–H groups in total. The van der Waals surface area contributed by atoms with E-state index in [0.29, 0.717) is 44.7 Å². The van der Waals surface area contributed by atoms with Crippen LogP contribution < -0.4 is 14.8 Å². The molecule has 2 aromatic rings. The average molecular weight is 454 g/mol. The molecule has 0 saturated carbocycles. The number of phenolic OH excluding ortho intramolecular Hbond substituents is 1. The second-order valence-electron chi connectivity index (χ2n) is 8.30. The number of para-hydroxylation sites is 1. The molecule has 1 fully saturated rings. The summed E-state index contributed by atoms with van der Waals surface area (Å²) in [6.07, 6.45) is 1.61. The number of nitrogens with one attached hydrogen (secondary N) is 1. The minimum absolute atomic E-state index is 0.132. The molecule has 0 unspecified atom stereocenters. The molecule has 176 valence electrons. The Labute approximate surface area is 194 Å². The van der Waals surface area contributed by atoms with Crippen molar-refractivity contribution in [2.45, 2.75) is 37.9 Å². The maximum Gasteiger partial charge on any atom is 0.409 e. The van der Waals surface area contributed by atoms with E-state index in [1.165, 1.54) is 0 Å². The van der Waals surface area contributed by atoms with Gasteiger partial charge in [-0.15, -0.1) is 0 Å². The van der Waals surface area contributed by atoms with E-state index in [2.05, 4.69) is 5.32 Å². The van der Waals surface area contributed by atoms with Crippen molar-refractivity contribution < 1.29 is 24.1 Å². The van der Waals surface area contributed by atoms with Crippen LogP contribution in [0.4, 0.5) is 4.79 Å². The number of rotatable bonds is 5. The van der Waals surface area contributed by atoms with Gasteiger partial charge in [-0.05, 0) is 42.8 Å². The van der Waals surface area contributed by atoms with E-state index in [1.54, 1.807) is 25.2 Å². The molecule has 0 bridgehead atoms. The molecule has 4 rings (SSSR count). The minimum atomic E-state index is -0.545. The molecule has 8 heteroatoms. The minimum Gasteiger partial charge on any atom is -0.504 e. The number of likely N-dealkylation sites (tertiary alicyclic amines) is 1. The fourth-order valence-electron chi connectivity index (χ4n) is 4.57. The van der Waals surface area contributed by atoms with Gasteiger partial charge in [0.2, 0.25) is 0 Å². The van der Waals surface area contributed by atoms with Crippen molar-refractivity contribution >= 4 is 11.8 Å². The highest BCUT2D eigenvalue weighted by Crippen LogP contribution is 2.40. The smallest absolute Gasteiger partial charge is 0.409 e. The van der Waals surface area contributed by atoms with Crippen LogP contribution in [-0.4, -0.2) is 61.4 Å². The van der Waals surface area contributed by atoms with Crippen molar-refractivity contribution in [2.75, 3.05) is 33.9 Å². The Morgan fingerprint density at radius 3 is 2.52 bits per heavy atom. The predicted molar refractivity (Wildman–Crippen MR) is 125 cm³/mol.